The molecule has 0 spiro atoms. The Kier molecular flexibility index (Phi) is 7.02. The molecule has 3 rings (SSSR count). The fourth-order valence-corrected chi connectivity index (χ4v) is 6.16. The minimum atomic E-state index is -0.532. The Hall–Kier alpha value is -1.15. The van der Waals surface area contributed by atoms with Crippen LogP contribution in [0.25, 0.3) is 0 Å². The van der Waals surface area contributed by atoms with E-state index in [0.717, 1.165) is 37.3 Å². The molecule has 3 fully saturated rings. The minimum Gasteiger partial charge on any atom is -0.390 e. The number of aliphatic hydroxyl groups is 1. The van der Waals surface area contributed by atoms with Crippen LogP contribution >= 0.6 is 0 Å². The van der Waals surface area contributed by atoms with Crippen LogP contribution in [0.5, 0.6) is 0 Å². The molecule has 0 saturated heterocycles. The Labute approximate surface area is 172 Å². The van der Waals surface area contributed by atoms with E-state index >= 15 is 0 Å². The fourth-order valence-electron chi connectivity index (χ4n) is 6.16. The topological polar surface area (TPSA) is 44.1 Å². The van der Waals surface area contributed by atoms with Crippen LogP contribution in [0.1, 0.15) is 97.3 Å². The summed E-state index contributed by atoms with van der Waals surface area (Å²) < 4.78 is 0. The van der Waals surface area contributed by atoms with Crippen molar-refractivity contribution in [3.63, 3.8) is 0 Å². The molecule has 0 amide bonds. The molecule has 3 aliphatic carbocycles. The Bertz CT molecular complexity index is 635. The Morgan fingerprint density at radius 3 is 2.61 bits per heavy atom. The fraction of sp³-hybridized carbons (Fsp3) is 0.731. The molecule has 0 aromatic heterocycles. The van der Waals surface area contributed by atoms with Crippen LogP contribution in [0, 0.1) is 22.7 Å². The van der Waals surface area contributed by atoms with Crippen LogP contribution in [0.2, 0.25) is 0 Å². The number of hydrogen-bond donors (Lipinski definition) is 2. The van der Waals surface area contributed by atoms with Crippen molar-refractivity contribution in [1.29, 1.82) is 5.41 Å². The number of nitrogens with one attached hydrogen (secondary N) is 1. The van der Waals surface area contributed by atoms with E-state index in [4.69, 9.17) is 5.41 Å². The van der Waals surface area contributed by atoms with Gasteiger partial charge in [0.25, 0.3) is 0 Å². The van der Waals surface area contributed by atoms with Gasteiger partial charge >= 0.3 is 0 Å². The van der Waals surface area contributed by atoms with Gasteiger partial charge in [0, 0.05) is 5.71 Å². The minimum absolute atomic E-state index is 0.289. The quantitative estimate of drug-likeness (QED) is 0.356. The zero-order valence-corrected chi connectivity index (χ0v) is 18.2. The lowest BCUT2D eigenvalue weighted by Gasteiger charge is -2.43. The summed E-state index contributed by atoms with van der Waals surface area (Å²) >= 11 is 0. The Morgan fingerprint density at radius 2 is 1.89 bits per heavy atom. The number of fused-ring (bicyclic) bond motifs is 1. The number of allylic oxidation sites excluding steroid dienone is 5. The van der Waals surface area contributed by atoms with Crippen LogP contribution < -0.4 is 0 Å². The molecule has 0 aromatic carbocycles. The van der Waals surface area contributed by atoms with Gasteiger partial charge < -0.3 is 10.5 Å². The third-order valence-electron chi connectivity index (χ3n) is 7.72. The van der Waals surface area contributed by atoms with Gasteiger partial charge in [-0.2, -0.15) is 0 Å². The van der Waals surface area contributed by atoms with Crippen molar-refractivity contribution in [1.82, 2.24) is 0 Å². The maximum Gasteiger partial charge on any atom is 0.0591 e. The predicted molar refractivity (Wildman–Crippen MR) is 120 cm³/mol. The van der Waals surface area contributed by atoms with Crippen molar-refractivity contribution in [2.75, 3.05) is 0 Å². The molecule has 3 saturated carbocycles. The first kappa shape index (κ1) is 21.6. The third kappa shape index (κ3) is 4.87. The number of unbranched alkanes of at least 4 members (excludes halogenated alkanes) is 1. The van der Waals surface area contributed by atoms with Crippen LogP contribution in [-0.4, -0.2) is 16.4 Å². The molecule has 2 unspecified atom stereocenters. The number of rotatable bonds is 7. The second-order valence-electron chi connectivity index (χ2n) is 10.2. The van der Waals surface area contributed by atoms with Crippen LogP contribution in [-0.2, 0) is 0 Å². The van der Waals surface area contributed by atoms with E-state index in [1.165, 1.54) is 63.4 Å². The second-order valence-corrected chi connectivity index (χ2v) is 10.2. The summed E-state index contributed by atoms with van der Waals surface area (Å²) in [5, 5.41) is 18.2. The van der Waals surface area contributed by atoms with Crippen molar-refractivity contribution < 1.29 is 5.11 Å². The highest BCUT2D eigenvalue weighted by atomic mass is 16.3. The molecule has 0 aromatic rings. The average molecular weight is 384 g/mol. The van der Waals surface area contributed by atoms with Gasteiger partial charge in [-0.1, -0.05) is 36.6 Å². The third-order valence-corrected chi connectivity index (χ3v) is 7.72. The maximum absolute atomic E-state index is 9.97. The van der Waals surface area contributed by atoms with Crippen molar-refractivity contribution in [3.05, 3.63) is 36.0 Å². The largest absolute Gasteiger partial charge is 0.390 e. The van der Waals surface area contributed by atoms with Crippen molar-refractivity contribution >= 4 is 5.71 Å². The van der Waals surface area contributed by atoms with E-state index in [1.54, 1.807) is 5.57 Å². The average Bonchev–Trinajstić information content (AvgIpc) is 3.03. The van der Waals surface area contributed by atoms with Crippen LogP contribution in [0.15, 0.2) is 36.0 Å². The van der Waals surface area contributed by atoms with Gasteiger partial charge in [0.2, 0.25) is 0 Å². The summed E-state index contributed by atoms with van der Waals surface area (Å²) in [6, 6.07) is 0. The zero-order chi connectivity index (χ0) is 20.2. The van der Waals surface area contributed by atoms with E-state index < -0.39 is 5.60 Å². The molecule has 156 valence electrons. The first-order chi connectivity index (χ1) is 13.4. The van der Waals surface area contributed by atoms with E-state index in [2.05, 4.69) is 24.8 Å². The lowest BCUT2D eigenvalue weighted by Crippen LogP contribution is -2.34. The van der Waals surface area contributed by atoms with E-state index in [9.17, 15) is 5.11 Å². The van der Waals surface area contributed by atoms with E-state index in [-0.39, 0.29) is 5.41 Å². The van der Waals surface area contributed by atoms with Gasteiger partial charge in [-0.05, 0) is 107 Å². The Morgan fingerprint density at radius 1 is 1.11 bits per heavy atom. The van der Waals surface area contributed by atoms with Gasteiger partial charge in [-0.15, -0.1) is 6.58 Å². The molecule has 2 nitrogen and oxygen atoms in total. The highest BCUT2D eigenvalue weighted by Crippen LogP contribution is 2.59. The second kappa shape index (κ2) is 9.11. The molecule has 2 N–H and O–H groups in total. The standard InChI is InChI=1S/C26H41NO/c1-4-26-19-9-11-20(14-15-21-10-5-6-13-24(21)27)23(26)17-16-22(26)12-7-8-18-25(2,3)28/h4,14-15,22-23,27-28H,1,5-13,16-19H2,2-3H3/b20-14+,21-15-,27-24?/t22?,23?,26-/m1/s1. The van der Waals surface area contributed by atoms with Crippen LogP contribution in [0.4, 0.5) is 0 Å². The SMILES string of the molecule is C=C[C@]12CCC/C(=C\C=C3\CCCCC3=N)C1CCC2CCCCC(C)(C)O. The van der Waals surface area contributed by atoms with Gasteiger partial charge in [0.05, 0.1) is 5.60 Å². The van der Waals surface area contributed by atoms with Crippen molar-refractivity contribution in [3.8, 4) is 0 Å². The van der Waals surface area contributed by atoms with E-state index in [0.29, 0.717) is 5.92 Å². The molecular weight excluding hydrogens is 342 g/mol. The van der Waals surface area contributed by atoms with Gasteiger partial charge in [0.15, 0.2) is 0 Å². The van der Waals surface area contributed by atoms with Gasteiger partial charge in [-0.25, -0.2) is 0 Å². The lowest BCUT2D eigenvalue weighted by atomic mass is 9.61. The molecule has 3 aliphatic rings. The van der Waals surface area contributed by atoms with Crippen LogP contribution in [0.3, 0.4) is 0 Å². The highest BCUT2D eigenvalue weighted by Gasteiger charge is 2.49. The molecule has 0 heterocycles. The maximum atomic E-state index is 9.97. The summed E-state index contributed by atoms with van der Waals surface area (Å²) in [6.45, 7) is 8.15. The lowest BCUT2D eigenvalue weighted by molar-refractivity contribution is 0.0667. The smallest absolute Gasteiger partial charge is 0.0591 e. The summed E-state index contributed by atoms with van der Waals surface area (Å²) in [7, 11) is 0. The first-order valence-corrected chi connectivity index (χ1v) is 11.7. The Balaban J connectivity index is 1.68. The summed E-state index contributed by atoms with van der Waals surface area (Å²) in [6.07, 6.45) is 22.4. The zero-order valence-electron chi connectivity index (χ0n) is 18.2. The molecule has 28 heavy (non-hydrogen) atoms. The van der Waals surface area contributed by atoms with Gasteiger partial charge in [-0.3, -0.25) is 0 Å². The van der Waals surface area contributed by atoms with Crippen molar-refractivity contribution in [2.45, 2.75) is 103 Å². The van der Waals surface area contributed by atoms with Gasteiger partial charge in [0.1, 0.15) is 0 Å². The molecule has 2 heteroatoms. The normalized spacial score (nSPS) is 34.0. The molecule has 0 bridgehead atoms. The summed E-state index contributed by atoms with van der Waals surface area (Å²) in [5.74, 6) is 1.41. The predicted octanol–water partition coefficient (Wildman–Crippen LogP) is 7.15. The number of hydrogen-bond acceptors (Lipinski definition) is 2. The summed E-state index contributed by atoms with van der Waals surface area (Å²) in [5.41, 5.74) is 3.52. The first-order valence-electron chi connectivity index (χ1n) is 11.7. The van der Waals surface area contributed by atoms with Crippen molar-refractivity contribution in [2.24, 2.45) is 17.3 Å². The monoisotopic (exact) mass is 383 g/mol. The molecule has 0 aliphatic heterocycles. The van der Waals surface area contributed by atoms with E-state index in [1.807, 2.05) is 13.8 Å². The molecule has 0 radical (unpaired) electrons. The molecular formula is C26H41NO. The highest BCUT2D eigenvalue weighted by molar-refractivity contribution is 5.98. The summed E-state index contributed by atoms with van der Waals surface area (Å²) in [4.78, 5) is 0. The molecule has 3 atom stereocenters.